The SMILES string of the molecule is NS(=O)(=O)c1cc(C(=O)O)c(NCc2ccco2)cc1Cl.[Ge]. The Labute approximate surface area is 142 Å². The molecular weight excluding hydrogens is 392 g/mol. The molecule has 116 valence electrons. The van der Waals surface area contributed by atoms with Crippen molar-refractivity contribution in [3.8, 4) is 0 Å². The Kier molecular flexibility index (Phi) is 6.06. The first-order chi connectivity index (χ1) is 9.79. The smallest absolute Gasteiger partial charge is 0.337 e. The van der Waals surface area contributed by atoms with E-state index in [0.717, 1.165) is 6.07 Å². The third kappa shape index (κ3) is 4.26. The maximum Gasteiger partial charge on any atom is 0.337 e. The van der Waals surface area contributed by atoms with Crippen LogP contribution < -0.4 is 10.5 Å². The van der Waals surface area contributed by atoms with Gasteiger partial charge in [-0.05, 0) is 24.3 Å². The third-order valence-corrected chi connectivity index (χ3v) is 4.02. The van der Waals surface area contributed by atoms with E-state index in [9.17, 15) is 13.2 Å². The minimum Gasteiger partial charge on any atom is -0.478 e. The normalized spacial score (nSPS) is 10.8. The van der Waals surface area contributed by atoms with Crippen molar-refractivity contribution in [1.82, 2.24) is 0 Å². The summed E-state index contributed by atoms with van der Waals surface area (Å²) in [5, 5.41) is 16.8. The van der Waals surface area contributed by atoms with Crippen LogP contribution >= 0.6 is 11.6 Å². The zero-order valence-corrected chi connectivity index (χ0v) is 14.7. The van der Waals surface area contributed by atoms with Gasteiger partial charge in [-0.2, -0.15) is 0 Å². The Morgan fingerprint density at radius 2 is 2.09 bits per heavy atom. The first-order valence-electron chi connectivity index (χ1n) is 5.65. The molecule has 0 aliphatic carbocycles. The molecule has 1 aromatic heterocycles. The zero-order valence-electron chi connectivity index (χ0n) is 11.0. The largest absolute Gasteiger partial charge is 0.478 e. The second-order valence-electron chi connectivity index (χ2n) is 4.11. The van der Waals surface area contributed by atoms with E-state index in [1.165, 1.54) is 12.3 Å². The summed E-state index contributed by atoms with van der Waals surface area (Å²) in [6.45, 7) is 0.221. The zero-order chi connectivity index (χ0) is 15.6. The third-order valence-electron chi connectivity index (χ3n) is 2.64. The number of carboxylic acids is 1. The van der Waals surface area contributed by atoms with Crippen LogP contribution in [0.1, 0.15) is 16.1 Å². The van der Waals surface area contributed by atoms with Crippen LogP contribution in [0.4, 0.5) is 5.69 Å². The van der Waals surface area contributed by atoms with Crippen molar-refractivity contribution in [3.05, 3.63) is 46.9 Å². The Hall–Kier alpha value is -1.49. The van der Waals surface area contributed by atoms with E-state index < -0.39 is 20.9 Å². The predicted octanol–water partition coefficient (Wildman–Crippen LogP) is 1.51. The quantitative estimate of drug-likeness (QED) is 0.651. The van der Waals surface area contributed by atoms with E-state index in [-0.39, 0.29) is 40.4 Å². The van der Waals surface area contributed by atoms with Gasteiger partial charge >= 0.3 is 5.97 Å². The Bertz CT molecular complexity index is 777. The Balaban J connectivity index is 0.00000242. The van der Waals surface area contributed by atoms with Gasteiger partial charge in [-0.25, -0.2) is 18.4 Å². The number of anilines is 1. The molecule has 7 nitrogen and oxygen atoms in total. The minimum atomic E-state index is -4.11. The van der Waals surface area contributed by atoms with E-state index in [4.69, 9.17) is 26.3 Å². The topological polar surface area (TPSA) is 123 Å². The van der Waals surface area contributed by atoms with Crippen LogP contribution in [0.25, 0.3) is 0 Å². The summed E-state index contributed by atoms with van der Waals surface area (Å²) < 4.78 is 27.8. The molecule has 0 aliphatic rings. The molecule has 1 aromatic carbocycles. The van der Waals surface area contributed by atoms with E-state index in [0.29, 0.717) is 5.76 Å². The van der Waals surface area contributed by atoms with Crippen molar-refractivity contribution in [2.45, 2.75) is 11.4 Å². The number of rotatable bonds is 5. The second-order valence-corrected chi connectivity index (χ2v) is 6.05. The van der Waals surface area contributed by atoms with Gasteiger partial charge < -0.3 is 14.8 Å². The summed E-state index contributed by atoms with van der Waals surface area (Å²) in [5.74, 6) is -0.725. The Morgan fingerprint density at radius 1 is 1.41 bits per heavy atom. The van der Waals surface area contributed by atoms with Gasteiger partial charge in [0.15, 0.2) is 0 Å². The number of benzene rings is 1. The fourth-order valence-electron chi connectivity index (χ4n) is 1.69. The average Bonchev–Trinajstić information content (AvgIpc) is 2.87. The van der Waals surface area contributed by atoms with E-state index in [1.807, 2.05) is 0 Å². The number of aromatic carboxylic acids is 1. The van der Waals surface area contributed by atoms with Gasteiger partial charge in [0.2, 0.25) is 10.0 Å². The number of halogens is 1. The van der Waals surface area contributed by atoms with Crippen LogP contribution in [0.15, 0.2) is 39.8 Å². The molecule has 4 radical (unpaired) electrons. The molecule has 0 saturated heterocycles. The summed E-state index contributed by atoms with van der Waals surface area (Å²) in [6.07, 6.45) is 1.48. The first-order valence-corrected chi connectivity index (χ1v) is 7.57. The van der Waals surface area contributed by atoms with Gasteiger partial charge in [-0.15, -0.1) is 0 Å². The van der Waals surface area contributed by atoms with E-state index >= 15 is 0 Å². The molecule has 0 unspecified atom stereocenters. The van der Waals surface area contributed by atoms with Crippen molar-refractivity contribution >= 4 is 50.9 Å². The van der Waals surface area contributed by atoms with Crippen LogP contribution in [0, 0.1) is 0 Å². The molecule has 0 amide bonds. The van der Waals surface area contributed by atoms with Gasteiger partial charge in [-0.1, -0.05) is 11.6 Å². The molecule has 2 aromatic rings. The summed E-state index contributed by atoms with van der Waals surface area (Å²) >= 11 is 5.84. The fraction of sp³-hybridized carbons (Fsp3) is 0.0833. The van der Waals surface area contributed by atoms with E-state index in [2.05, 4.69) is 5.32 Å². The summed E-state index contributed by atoms with van der Waals surface area (Å²) in [5.41, 5.74) is -0.0914. The van der Waals surface area contributed by atoms with Crippen LogP contribution in [-0.2, 0) is 16.6 Å². The number of hydrogen-bond donors (Lipinski definition) is 3. The summed E-state index contributed by atoms with van der Waals surface area (Å²) in [7, 11) is -4.11. The number of nitrogens with two attached hydrogens (primary N) is 1. The number of nitrogens with one attached hydrogen (secondary N) is 1. The molecule has 1 heterocycles. The maximum absolute atomic E-state index is 11.3. The molecule has 0 aliphatic heterocycles. The van der Waals surface area contributed by atoms with Crippen LogP contribution in [-0.4, -0.2) is 37.1 Å². The number of furan rings is 1. The predicted molar refractivity (Wildman–Crippen MR) is 81.6 cm³/mol. The molecule has 0 fully saturated rings. The van der Waals surface area contributed by atoms with Gasteiger partial charge in [-0.3, -0.25) is 0 Å². The van der Waals surface area contributed by atoms with Crippen molar-refractivity contribution in [3.63, 3.8) is 0 Å². The molecule has 0 spiro atoms. The molecule has 10 heteroatoms. The fourth-order valence-corrected chi connectivity index (χ4v) is 2.79. The first kappa shape index (κ1) is 18.6. The molecule has 0 bridgehead atoms. The number of primary sulfonamides is 1. The number of carbonyl (C=O) groups is 1. The van der Waals surface area contributed by atoms with Gasteiger partial charge in [0.05, 0.1) is 29.1 Å². The van der Waals surface area contributed by atoms with Gasteiger partial charge in [0.1, 0.15) is 10.7 Å². The number of carboxylic acid groups (broad SMARTS) is 1. The second kappa shape index (κ2) is 7.18. The molecule has 0 atom stereocenters. The van der Waals surface area contributed by atoms with Crippen molar-refractivity contribution in [2.75, 3.05) is 5.32 Å². The Morgan fingerprint density at radius 3 is 2.59 bits per heavy atom. The molecular formula is C12H11ClGeN2O5S. The van der Waals surface area contributed by atoms with Gasteiger partial charge in [0, 0.05) is 17.6 Å². The maximum atomic E-state index is 11.3. The molecule has 4 N–H and O–H groups in total. The summed E-state index contributed by atoms with van der Waals surface area (Å²) in [4.78, 5) is 10.8. The number of hydrogen-bond acceptors (Lipinski definition) is 5. The van der Waals surface area contributed by atoms with E-state index in [1.54, 1.807) is 12.1 Å². The van der Waals surface area contributed by atoms with Crippen molar-refractivity contribution < 1.29 is 22.7 Å². The molecule has 22 heavy (non-hydrogen) atoms. The van der Waals surface area contributed by atoms with Crippen LogP contribution in [0.5, 0.6) is 0 Å². The number of sulfonamides is 1. The van der Waals surface area contributed by atoms with Crippen molar-refractivity contribution in [2.24, 2.45) is 5.14 Å². The van der Waals surface area contributed by atoms with Crippen LogP contribution in [0.2, 0.25) is 5.02 Å². The summed E-state index contributed by atoms with van der Waals surface area (Å²) in [6, 6.07) is 5.51. The minimum absolute atomic E-state index is 0. The average molecular weight is 403 g/mol. The van der Waals surface area contributed by atoms with Crippen LogP contribution in [0.3, 0.4) is 0 Å². The molecule has 0 saturated carbocycles. The standard InChI is InChI=1S/C12H11ClN2O5S.Ge/c13-9-5-10(15-6-7-2-1-3-20-7)8(12(16)17)4-11(9)21(14,18)19;/h1-5,15H,6H2,(H,16,17)(H2,14,18,19);. The van der Waals surface area contributed by atoms with Gasteiger partial charge in [0.25, 0.3) is 0 Å². The monoisotopic (exact) mass is 404 g/mol. The van der Waals surface area contributed by atoms with Crippen molar-refractivity contribution in [1.29, 1.82) is 0 Å². The molecule has 2 rings (SSSR count).